The van der Waals surface area contributed by atoms with Crippen LogP contribution in [0.2, 0.25) is 0 Å². The van der Waals surface area contributed by atoms with E-state index in [0.717, 1.165) is 12.8 Å². The summed E-state index contributed by atoms with van der Waals surface area (Å²) in [6.45, 7) is 1.80. The Bertz CT molecular complexity index is 249. The van der Waals surface area contributed by atoms with Gasteiger partial charge in [0, 0.05) is 0 Å². The molecule has 0 heterocycles. The van der Waals surface area contributed by atoms with Crippen molar-refractivity contribution in [2.75, 3.05) is 0 Å². The molecule has 13 heavy (non-hydrogen) atoms. The first-order chi connectivity index (χ1) is 6.29. The number of hydrogen-bond acceptors (Lipinski definition) is 1. The predicted octanol–water partition coefficient (Wildman–Crippen LogP) is 2.56. The van der Waals surface area contributed by atoms with Gasteiger partial charge in [0.2, 0.25) is 0 Å². The minimum absolute atomic E-state index is 0.230. The molecule has 0 aliphatic carbocycles. The zero-order valence-electron chi connectivity index (χ0n) is 7.98. The Labute approximate surface area is 79.7 Å². The third-order valence-corrected chi connectivity index (χ3v) is 1.84. The highest BCUT2D eigenvalue weighted by molar-refractivity contribution is 5.17. The fourth-order valence-corrected chi connectivity index (χ4v) is 1.13. The van der Waals surface area contributed by atoms with Crippen LogP contribution in [0, 0.1) is 0 Å². The molecular weight excluding hydrogens is 160 g/mol. The standard InChI is InChI=1S/C12H16O/c1-11(13)7-5-6-10-12-8-3-2-4-9-12/h2-6,8-9,11,13H,7,10H2,1H3. The minimum Gasteiger partial charge on any atom is -0.393 e. The van der Waals surface area contributed by atoms with Gasteiger partial charge in [-0.25, -0.2) is 0 Å². The molecule has 1 atom stereocenters. The van der Waals surface area contributed by atoms with Gasteiger partial charge in [0.05, 0.1) is 6.10 Å². The van der Waals surface area contributed by atoms with E-state index in [4.69, 9.17) is 5.11 Å². The molecule has 0 aliphatic rings. The highest BCUT2D eigenvalue weighted by Gasteiger charge is 1.89. The molecule has 0 radical (unpaired) electrons. The SMILES string of the molecule is CC(O)CC=CCc1ccccc1. The second-order valence-electron chi connectivity index (χ2n) is 3.25. The minimum atomic E-state index is -0.230. The maximum absolute atomic E-state index is 9.00. The van der Waals surface area contributed by atoms with E-state index < -0.39 is 0 Å². The van der Waals surface area contributed by atoms with Crippen molar-refractivity contribution in [2.45, 2.75) is 25.9 Å². The molecule has 1 aromatic rings. The van der Waals surface area contributed by atoms with E-state index in [2.05, 4.69) is 18.2 Å². The molecular formula is C12H16O. The average molecular weight is 176 g/mol. The average Bonchev–Trinajstić information content (AvgIpc) is 2.14. The van der Waals surface area contributed by atoms with Gasteiger partial charge in [0.15, 0.2) is 0 Å². The first-order valence-corrected chi connectivity index (χ1v) is 4.66. The monoisotopic (exact) mass is 176 g/mol. The fraction of sp³-hybridized carbons (Fsp3) is 0.333. The van der Waals surface area contributed by atoms with Crippen molar-refractivity contribution >= 4 is 0 Å². The highest BCUT2D eigenvalue weighted by atomic mass is 16.3. The van der Waals surface area contributed by atoms with Gasteiger partial charge in [-0.1, -0.05) is 42.5 Å². The summed E-state index contributed by atoms with van der Waals surface area (Å²) in [5, 5.41) is 9.00. The lowest BCUT2D eigenvalue weighted by atomic mass is 10.1. The van der Waals surface area contributed by atoms with Crippen LogP contribution in [0.5, 0.6) is 0 Å². The Balaban J connectivity index is 2.31. The molecule has 1 aromatic carbocycles. The maximum atomic E-state index is 9.00. The first-order valence-electron chi connectivity index (χ1n) is 4.66. The zero-order valence-corrected chi connectivity index (χ0v) is 7.98. The number of aliphatic hydroxyl groups is 1. The van der Waals surface area contributed by atoms with E-state index in [1.807, 2.05) is 24.3 Å². The van der Waals surface area contributed by atoms with Crippen molar-refractivity contribution in [3.63, 3.8) is 0 Å². The van der Waals surface area contributed by atoms with E-state index in [-0.39, 0.29) is 6.10 Å². The van der Waals surface area contributed by atoms with Crippen molar-refractivity contribution in [3.05, 3.63) is 48.0 Å². The molecule has 0 spiro atoms. The van der Waals surface area contributed by atoms with Crippen molar-refractivity contribution in [1.29, 1.82) is 0 Å². The van der Waals surface area contributed by atoms with E-state index in [1.54, 1.807) is 6.92 Å². The second-order valence-corrected chi connectivity index (χ2v) is 3.25. The largest absolute Gasteiger partial charge is 0.393 e. The topological polar surface area (TPSA) is 20.2 Å². The molecule has 0 saturated heterocycles. The molecule has 0 fully saturated rings. The first kappa shape index (κ1) is 10.0. The Morgan fingerprint density at radius 2 is 1.92 bits per heavy atom. The third-order valence-electron chi connectivity index (χ3n) is 1.84. The third kappa shape index (κ3) is 4.48. The number of benzene rings is 1. The molecule has 1 unspecified atom stereocenters. The molecule has 1 nitrogen and oxygen atoms in total. The van der Waals surface area contributed by atoms with Gasteiger partial charge < -0.3 is 5.11 Å². The Morgan fingerprint density at radius 3 is 2.54 bits per heavy atom. The van der Waals surface area contributed by atoms with Crippen LogP contribution in [-0.2, 0) is 6.42 Å². The summed E-state index contributed by atoms with van der Waals surface area (Å²) >= 11 is 0. The molecule has 1 N–H and O–H groups in total. The van der Waals surface area contributed by atoms with Crippen LogP contribution in [0.1, 0.15) is 18.9 Å². The van der Waals surface area contributed by atoms with Crippen LogP contribution in [0.25, 0.3) is 0 Å². The van der Waals surface area contributed by atoms with Crippen molar-refractivity contribution in [2.24, 2.45) is 0 Å². The number of rotatable bonds is 4. The molecule has 0 aliphatic heterocycles. The zero-order chi connectivity index (χ0) is 9.52. The lowest BCUT2D eigenvalue weighted by molar-refractivity contribution is 0.198. The number of hydrogen-bond donors (Lipinski definition) is 1. The van der Waals surface area contributed by atoms with Gasteiger partial charge in [-0.2, -0.15) is 0 Å². The molecule has 0 saturated carbocycles. The van der Waals surface area contributed by atoms with E-state index in [0.29, 0.717) is 0 Å². The van der Waals surface area contributed by atoms with Crippen molar-refractivity contribution in [3.8, 4) is 0 Å². The van der Waals surface area contributed by atoms with Gasteiger partial charge in [-0.3, -0.25) is 0 Å². The summed E-state index contributed by atoms with van der Waals surface area (Å²) in [5.74, 6) is 0. The van der Waals surface area contributed by atoms with Gasteiger partial charge in [0.1, 0.15) is 0 Å². The van der Waals surface area contributed by atoms with Crippen LogP contribution < -0.4 is 0 Å². The molecule has 1 heteroatoms. The molecule has 0 aromatic heterocycles. The normalized spacial score (nSPS) is 13.4. The summed E-state index contributed by atoms with van der Waals surface area (Å²) in [6.07, 6.45) is 5.59. The molecule has 0 bridgehead atoms. The van der Waals surface area contributed by atoms with E-state index in [1.165, 1.54) is 5.56 Å². The smallest absolute Gasteiger partial charge is 0.0546 e. The van der Waals surface area contributed by atoms with E-state index in [9.17, 15) is 0 Å². The van der Waals surface area contributed by atoms with Crippen molar-refractivity contribution < 1.29 is 5.11 Å². The summed E-state index contributed by atoms with van der Waals surface area (Å²) in [7, 11) is 0. The lowest BCUT2D eigenvalue weighted by Gasteiger charge is -1.97. The van der Waals surface area contributed by atoms with Gasteiger partial charge in [-0.05, 0) is 25.3 Å². The van der Waals surface area contributed by atoms with Gasteiger partial charge in [-0.15, -0.1) is 0 Å². The maximum Gasteiger partial charge on any atom is 0.0546 e. The Hall–Kier alpha value is -1.08. The number of allylic oxidation sites excluding steroid dienone is 1. The Morgan fingerprint density at radius 1 is 1.23 bits per heavy atom. The highest BCUT2D eigenvalue weighted by Crippen LogP contribution is 2.01. The van der Waals surface area contributed by atoms with Crippen molar-refractivity contribution in [1.82, 2.24) is 0 Å². The van der Waals surface area contributed by atoms with Crippen LogP contribution in [0.15, 0.2) is 42.5 Å². The van der Waals surface area contributed by atoms with Gasteiger partial charge in [0.25, 0.3) is 0 Å². The molecule has 0 amide bonds. The summed E-state index contributed by atoms with van der Waals surface area (Å²) in [5.41, 5.74) is 1.31. The van der Waals surface area contributed by atoms with E-state index >= 15 is 0 Å². The van der Waals surface area contributed by atoms with Crippen LogP contribution in [0.4, 0.5) is 0 Å². The van der Waals surface area contributed by atoms with Crippen LogP contribution in [0.3, 0.4) is 0 Å². The fourth-order valence-electron chi connectivity index (χ4n) is 1.13. The van der Waals surface area contributed by atoms with Crippen LogP contribution >= 0.6 is 0 Å². The summed E-state index contributed by atoms with van der Waals surface area (Å²) in [6, 6.07) is 10.3. The lowest BCUT2D eigenvalue weighted by Crippen LogP contribution is -1.95. The number of aliphatic hydroxyl groups excluding tert-OH is 1. The predicted molar refractivity (Wildman–Crippen MR) is 55.6 cm³/mol. The molecule has 1 rings (SSSR count). The Kier molecular flexibility index (Phi) is 4.27. The summed E-state index contributed by atoms with van der Waals surface area (Å²) < 4.78 is 0. The molecule has 70 valence electrons. The van der Waals surface area contributed by atoms with Crippen LogP contribution in [-0.4, -0.2) is 11.2 Å². The summed E-state index contributed by atoms with van der Waals surface area (Å²) in [4.78, 5) is 0. The van der Waals surface area contributed by atoms with Gasteiger partial charge >= 0.3 is 0 Å². The second kappa shape index (κ2) is 5.55. The quantitative estimate of drug-likeness (QED) is 0.699.